The van der Waals surface area contributed by atoms with Crippen molar-refractivity contribution in [2.24, 2.45) is 0 Å². The Hall–Kier alpha value is -3.51. The first kappa shape index (κ1) is 21.3. The number of hydrogen-bond donors (Lipinski definition) is 0. The highest BCUT2D eigenvalue weighted by molar-refractivity contribution is 5.55. The molecule has 0 amide bonds. The Kier molecular flexibility index (Phi) is 5.92. The summed E-state index contributed by atoms with van der Waals surface area (Å²) < 4.78 is 20.3. The van der Waals surface area contributed by atoms with Crippen molar-refractivity contribution in [1.82, 2.24) is 15.1 Å². The van der Waals surface area contributed by atoms with E-state index in [-0.39, 0.29) is 17.7 Å². The Morgan fingerprint density at radius 1 is 0.848 bits per heavy atom. The fraction of sp³-hybridized carbons (Fsp3) is 0.259. The van der Waals surface area contributed by atoms with Gasteiger partial charge < -0.3 is 9.32 Å². The maximum atomic E-state index is 14.3. The lowest BCUT2D eigenvalue weighted by Gasteiger charge is -2.39. The van der Waals surface area contributed by atoms with Crippen molar-refractivity contribution in [2.75, 3.05) is 31.1 Å². The smallest absolute Gasteiger partial charge is 0.250 e. The molecule has 0 radical (unpaired) electrons. The predicted molar refractivity (Wildman–Crippen MR) is 128 cm³/mol. The van der Waals surface area contributed by atoms with Gasteiger partial charge in [0, 0.05) is 31.9 Å². The molecule has 33 heavy (non-hydrogen) atoms. The standard InChI is InChI=1S/C27H27FN4O/c1-19-12-13-20(2)24(18-19)31-14-16-32(17-15-31)25(21-8-4-3-5-9-21)27-30-29-26(33-27)22-10-6-7-11-23(22)28/h3-13,18,25H,14-17H2,1-2H3. The minimum Gasteiger partial charge on any atom is -0.418 e. The van der Waals surface area contributed by atoms with Crippen LogP contribution in [0.1, 0.15) is 28.6 Å². The van der Waals surface area contributed by atoms with Gasteiger partial charge in [-0.25, -0.2) is 4.39 Å². The lowest BCUT2D eigenvalue weighted by molar-refractivity contribution is 0.188. The van der Waals surface area contributed by atoms with Crippen LogP contribution in [0.2, 0.25) is 0 Å². The molecule has 1 fully saturated rings. The molecule has 1 atom stereocenters. The molecule has 1 saturated heterocycles. The van der Waals surface area contributed by atoms with Crippen LogP contribution in [0.4, 0.5) is 10.1 Å². The third-order valence-corrected chi connectivity index (χ3v) is 6.28. The van der Waals surface area contributed by atoms with E-state index in [4.69, 9.17) is 4.42 Å². The SMILES string of the molecule is Cc1ccc(C)c(N2CCN(C(c3ccccc3)c3nnc(-c4ccccc4F)o3)CC2)c1. The Morgan fingerprint density at radius 2 is 1.58 bits per heavy atom. The summed E-state index contributed by atoms with van der Waals surface area (Å²) in [4.78, 5) is 4.81. The van der Waals surface area contributed by atoms with Crippen molar-refractivity contribution in [1.29, 1.82) is 0 Å². The maximum absolute atomic E-state index is 14.3. The van der Waals surface area contributed by atoms with Gasteiger partial charge in [-0.05, 0) is 48.7 Å². The third-order valence-electron chi connectivity index (χ3n) is 6.28. The number of aryl methyl sites for hydroxylation is 2. The molecular weight excluding hydrogens is 415 g/mol. The first-order chi connectivity index (χ1) is 16.1. The summed E-state index contributed by atoms with van der Waals surface area (Å²) in [5.74, 6) is 0.323. The molecule has 0 aliphatic carbocycles. The normalized spacial score (nSPS) is 15.5. The highest BCUT2D eigenvalue weighted by Gasteiger charge is 2.31. The van der Waals surface area contributed by atoms with Gasteiger partial charge in [-0.15, -0.1) is 10.2 Å². The molecule has 1 aliphatic rings. The zero-order valence-corrected chi connectivity index (χ0v) is 18.9. The van der Waals surface area contributed by atoms with Gasteiger partial charge in [-0.3, -0.25) is 4.90 Å². The second-order valence-electron chi connectivity index (χ2n) is 8.55. The van der Waals surface area contributed by atoms with E-state index in [1.807, 2.05) is 18.2 Å². The molecule has 1 unspecified atom stereocenters. The van der Waals surface area contributed by atoms with Crippen LogP contribution >= 0.6 is 0 Å². The summed E-state index contributed by atoms with van der Waals surface area (Å²) in [5, 5.41) is 8.53. The molecule has 2 heterocycles. The van der Waals surface area contributed by atoms with Gasteiger partial charge in [-0.2, -0.15) is 0 Å². The zero-order valence-electron chi connectivity index (χ0n) is 18.9. The maximum Gasteiger partial charge on any atom is 0.250 e. The summed E-state index contributed by atoms with van der Waals surface area (Å²) in [6.07, 6.45) is 0. The van der Waals surface area contributed by atoms with Crippen LogP contribution in [0.5, 0.6) is 0 Å². The molecule has 1 aliphatic heterocycles. The molecule has 0 spiro atoms. The van der Waals surface area contributed by atoms with Gasteiger partial charge in [0.25, 0.3) is 5.89 Å². The van der Waals surface area contributed by atoms with E-state index in [0.717, 1.165) is 31.7 Å². The molecule has 168 valence electrons. The molecule has 0 N–H and O–H groups in total. The average Bonchev–Trinajstić information content (AvgIpc) is 3.32. The largest absolute Gasteiger partial charge is 0.418 e. The summed E-state index contributed by atoms with van der Waals surface area (Å²) in [6, 6.07) is 23.1. The number of hydrogen-bond acceptors (Lipinski definition) is 5. The first-order valence-electron chi connectivity index (χ1n) is 11.3. The van der Waals surface area contributed by atoms with Gasteiger partial charge >= 0.3 is 0 Å². The highest BCUT2D eigenvalue weighted by atomic mass is 19.1. The van der Waals surface area contributed by atoms with Crippen LogP contribution in [0.15, 0.2) is 77.2 Å². The minimum atomic E-state index is -0.369. The molecule has 6 heteroatoms. The molecule has 5 nitrogen and oxygen atoms in total. The number of halogens is 1. The molecule has 0 saturated carbocycles. The molecule has 3 aromatic carbocycles. The quantitative estimate of drug-likeness (QED) is 0.414. The summed E-state index contributed by atoms with van der Waals surface area (Å²) in [7, 11) is 0. The van der Waals surface area contributed by atoms with Crippen LogP contribution in [0.25, 0.3) is 11.5 Å². The van der Waals surface area contributed by atoms with Gasteiger partial charge in [0.15, 0.2) is 0 Å². The molecule has 1 aromatic heterocycles. The Bertz CT molecular complexity index is 1230. The highest BCUT2D eigenvalue weighted by Crippen LogP contribution is 2.32. The summed E-state index contributed by atoms with van der Waals surface area (Å²) >= 11 is 0. The number of piperazine rings is 1. The number of benzene rings is 3. The van der Waals surface area contributed by atoms with Crippen LogP contribution < -0.4 is 4.90 Å². The fourth-order valence-corrected chi connectivity index (χ4v) is 4.51. The number of anilines is 1. The molecule has 4 aromatic rings. The minimum absolute atomic E-state index is 0.181. The number of nitrogens with zero attached hydrogens (tertiary/aromatic N) is 4. The average molecular weight is 443 g/mol. The Balaban J connectivity index is 1.42. The number of rotatable bonds is 5. The molecular formula is C27H27FN4O. The second kappa shape index (κ2) is 9.16. The van der Waals surface area contributed by atoms with Crippen molar-refractivity contribution in [3.8, 4) is 11.5 Å². The molecule has 5 rings (SSSR count). The van der Waals surface area contributed by atoms with Crippen molar-refractivity contribution >= 4 is 5.69 Å². The van der Waals surface area contributed by atoms with E-state index < -0.39 is 0 Å². The van der Waals surface area contributed by atoms with Gasteiger partial charge in [-0.1, -0.05) is 54.6 Å². The van der Waals surface area contributed by atoms with Gasteiger partial charge in [0.2, 0.25) is 5.89 Å². The lowest BCUT2D eigenvalue weighted by atomic mass is 10.0. The summed E-state index contributed by atoms with van der Waals surface area (Å²) in [6.45, 7) is 7.81. The van der Waals surface area contributed by atoms with Gasteiger partial charge in [0.1, 0.15) is 11.9 Å². The van der Waals surface area contributed by atoms with Crippen LogP contribution in [0.3, 0.4) is 0 Å². The fourth-order valence-electron chi connectivity index (χ4n) is 4.51. The van der Waals surface area contributed by atoms with Crippen molar-refractivity contribution in [2.45, 2.75) is 19.9 Å². The monoisotopic (exact) mass is 442 g/mol. The van der Waals surface area contributed by atoms with E-state index in [1.54, 1.807) is 18.2 Å². The first-order valence-corrected chi connectivity index (χ1v) is 11.3. The Labute approximate surface area is 193 Å². The van der Waals surface area contributed by atoms with Gasteiger partial charge in [0.05, 0.1) is 5.56 Å². The van der Waals surface area contributed by atoms with Crippen LogP contribution in [0, 0.1) is 19.7 Å². The third kappa shape index (κ3) is 4.39. The predicted octanol–water partition coefficient (Wildman–Crippen LogP) is 5.40. The lowest BCUT2D eigenvalue weighted by Crippen LogP contribution is -2.48. The van der Waals surface area contributed by atoms with E-state index in [2.05, 4.69) is 64.2 Å². The summed E-state index contributed by atoms with van der Waals surface area (Å²) in [5.41, 5.74) is 5.27. The Morgan fingerprint density at radius 3 is 2.33 bits per heavy atom. The van der Waals surface area contributed by atoms with Crippen molar-refractivity contribution < 1.29 is 8.81 Å². The van der Waals surface area contributed by atoms with Crippen molar-refractivity contribution in [3.05, 3.63) is 101 Å². The topological polar surface area (TPSA) is 45.4 Å². The number of aromatic nitrogens is 2. The zero-order chi connectivity index (χ0) is 22.8. The van der Waals surface area contributed by atoms with Crippen LogP contribution in [-0.2, 0) is 0 Å². The second-order valence-corrected chi connectivity index (χ2v) is 8.55. The van der Waals surface area contributed by atoms with E-state index >= 15 is 0 Å². The van der Waals surface area contributed by atoms with Crippen molar-refractivity contribution in [3.63, 3.8) is 0 Å². The van der Waals surface area contributed by atoms with Crippen LogP contribution in [-0.4, -0.2) is 41.3 Å². The van der Waals surface area contributed by atoms with E-state index in [9.17, 15) is 4.39 Å². The van der Waals surface area contributed by atoms with E-state index in [1.165, 1.54) is 22.9 Å². The molecule has 0 bridgehead atoms. The van der Waals surface area contributed by atoms with E-state index in [0.29, 0.717) is 11.5 Å².